The van der Waals surface area contributed by atoms with Crippen molar-refractivity contribution in [2.24, 2.45) is 11.8 Å². The zero-order chi connectivity index (χ0) is 19.7. The third-order valence-corrected chi connectivity index (χ3v) is 5.43. The number of hydrogen-bond donors (Lipinski definition) is 2. The van der Waals surface area contributed by atoms with E-state index in [0.717, 1.165) is 29.9 Å². The Morgan fingerprint density at radius 2 is 1.96 bits per heavy atom. The van der Waals surface area contributed by atoms with Gasteiger partial charge in [-0.3, -0.25) is 4.79 Å². The average molecular weight is 380 g/mol. The number of aliphatic carboxylic acids is 1. The average Bonchev–Trinajstić information content (AvgIpc) is 3.15. The van der Waals surface area contributed by atoms with Gasteiger partial charge in [0.25, 0.3) is 0 Å². The van der Waals surface area contributed by atoms with Crippen LogP contribution in [-0.4, -0.2) is 41.7 Å². The number of ether oxygens (including phenoxy) is 1. The number of benzene rings is 2. The van der Waals surface area contributed by atoms with Gasteiger partial charge in [-0.2, -0.15) is 0 Å². The number of fused-ring (bicyclic) bond motifs is 1. The molecule has 6 nitrogen and oxygen atoms in total. The Bertz CT molecular complexity index is 911. The smallest absolute Gasteiger partial charge is 0.321 e. The molecule has 1 saturated heterocycles. The number of piperidine rings is 1. The van der Waals surface area contributed by atoms with Crippen LogP contribution < -0.4 is 10.1 Å². The van der Waals surface area contributed by atoms with E-state index in [1.165, 1.54) is 5.56 Å². The van der Waals surface area contributed by atoms with Crippen molar-refractivity contribution in [3.63, 3.8) is 0 Å². The molecule has 2 aliphatic rings. The van der Waals surface area contributed by atoms with Gasteiger partial charge in [0.1, 0.15) is 5.75 Å². The van der Waals surface area contributed by atoms with E-state index >= 15 is 0 Å². The van der Waals surface area contributed by atoms with Gasteiger partial charge in [0.05, 0.1) is 12.5 Å². The van der Waals surface area contributed by atoms with Gasteiger partial charge in [-0.1, -0.05) is 25.1 Å². The van der Waals surface area contributed by atoms with Crippen LogP contribution in [0.4, 0.5) is 10.5 Å². The molecule has 2 aromatic rings. The van der Waals surface area contributed by atoms with Crippen LogP contribution in [0.3, 0.4) is 0 Å². The minimum atomic E-state index is -0.841. The number of amides is 2. The van der Waals surface area contributed by atoms with E-state index in [0.29, 0.717) is 18.7 Å². The van der Waals surface area contributed by atoms with Crippen LogP contribution in [-0.2, 0) is 11.2 Å². The molecule has 2 amide bonds. The molecule has 6 heteroatoms. The van der Waals surface area contributed by atoms with Gasteiger partial charge in [-0.15, -0.1) is 0 Å². The summed E-state index contributed by atoms with van der Waals surface area (Å²) in [5.74, 6) is -0.234. The first-order valence-electron chi connectivity index (χ1n) is 9.64. The maximum absolute atomic E-state index is 12.7. The minimum Gasteiger partial charge on any atom is -0.493 e. The van der Waals surface area contributed by atoms with Crippen molar-refractivity contribution in [2.45, 2.75) is 19.8 Å². The monoisotopic (exact) mass is 380 g/mol. The maximum atomic E-state index is 12.7. The first-order chi connectivity index (χ1) is 13.5. The lowest BCUT2D eigenvalue weighted by atomic mass is 9.91. The summed E-state index contributed by atoms with van der Waals surface area (Å²) in [6, 6.07) is 13.6. The van der Waals surface area contributed by atoms with Crippen molar-refractivity contribution in [3.05, 3.63) is 48.0 Å². The highest BCUT2D eigenvalue weighted by molar-refractivity contribution is 5.90. The maximum Gasteiger partial charge on any atom is 0.321 e. The second-order valence-corrected chi connectivity index (χ2v) is 7.71. The summed E-state index contributed by atoms with van der Waals surface area (Å²) in [6.07, 6.45) is 1.52. The summed E-state index contributed by atoms with van der Waals surface area (Å²) in [5, 5.41) is 12.2. The molecular weight excluding hydrogens is 356 g/mol. The van der Waals surface area contributed by atoms with E-state index in [-0.39, 0.29) is 18.5 Å². The summed E-state index contributed by atoms with van der Waals surface area (Å²) in [4.78, 5) is 25.6. The number of carboxylic acids is 1. The molecule has 0 aromatic heterocycles. The summed E-state index contributed by atoms with van der Waals surface area (Å²) < 4.78 is 5.56. The SMILES string of the molecule is CC1CC(C(=O)O)CN(C(=O)Nc2cccc(-c3ccc4c(c3)CCO4)c2)C1. The molecule has 2 atom stereocenters. The molecular formula is C22H24N2O4. The Kier molecular flexibility index (Phi) is 4.94. The van der Waals surface area contributed by atoms with E-state index in [9.17, 15) is 14.7 Å². The van der Waals surface area contributed by atoms with Gasteiger partial charge in [0, 0.05) is 25.2 Å². The normalized spacial score (nSPS) is 21.0. The van der Waals surface area contributed by atoms with Crippen LogP contribution >= 0.6 is 0 Å². The minimum absolute atomic E-state index is 0.167. The Hall–Kier alpha value is -3.02. The molecule has 2 heterocycles. The Labute approximate surface area is 164 Å². The van der Waals surface area contributed by atoms with E-state index in [1.807, 2.05) is 43.3 Å². The van der Waals surface area contributed by atoms with Crippen molar-refractivity contribution in [1.29, 1.82) is 0 Å². The van der Waals surface area contributed by atoms with Gasteiger partial charge in [-0.05, 0) is 53.3 Å². The summed E-state index contributed by atoms with van der Waals surface area (Å²) in [7, 11) is 0. The van der Waals surface area contributed by atoms with Crippen LogP contribution in [0.15, 0.2) is 42.5 Å². The van der Waals surface area contributed by atoms with E-state index in [4.69, 9.17) is 4.74 Å². The number of carbonyl (C=O) groups is 2. The number of carboxylic acid groups (broad SMARTS) is 1. The predicted octanol–water partition coefficient (Wildman–Crippen LogP) is 3.86. The van der Waals surface area contributed by atoms with Gasteiger partial charge in [0.15, 0.2) is 0 Å². The zero-order valence-corrected chi connectivity index (χ0v) is 15.9. The topological polar surface area (TPSA) is 78.9 Å². The molecule has 2 aromatic carbocycles. The number of nitrogens with zero attached hydrogens (tertiary/aromatic N) is 1. The molecule has 0 radical (unpaired) electrons. The van der Waals surface area contributed by atoms with Crippen LogP contribution in [0.5, 0.6) is 5.75 Å². The molecule has 2 N–H and O–H groups in total. The molecule has 28 heavy (non-hydrogen) atoms. The molecule has 4 rings (SSSR count). The van der Waals surface area contributed by atoms with E-state index in [2.05, 4.69) is 11.4 Å². The number of urea groups is 1. The molecule has 2 aliphatic heterocycles. The third kappa shape index (κ3) is 3.81. The summed E-state index contributed by atoms with van der Waals surface area (Å²) in [5.41, 5.74) is 4.00. The summed E-state index contributed by atoms with van der Waals surface area (Å²) >= 11 is 0. The lowest BCUT2D eigenvalue weighted by Gasteiger charge is -2.34. The van der Waals surface area contributed by atoms with Crippen molar-refractivity contribution < 1.29 is 19.4 Å². The molecule has 1 fully saturated rings. The highest BCUT2D eigenvalue weighted by Gasteiger charge is 2.31. The van der Waals surface area contributed by atoms with E-state index in [1.54, 1.807) is 4.90 Å². The van der Waals surface area contributed by atoms with Crippen LogP contribution in [0.2, 0.25) is 0 Å². The first kappa shape index (κ1) is 18.3. The number of rotatable bonds is 3. The lowest BCUT2D eigenvalue weighted by molar-refractivity contribution is -0.143. The van der Waals surface area contributed by atoms with Crippen molar-refractivity contribution in [1.82, 2.24) is 4.90 Å². The highest BCUT2D eigenvalue weighted by Crippen LogP contribution is 2.31. The largest absolute Gasteiger partial charge is 0.493 e. The van der Waals surface area contributed by atoms with Crippen molar-refractivity contribution >= 4 is 17.7 Å². The highest BCUT2D eigenvalue weighted by atomic mass is 16.5. The fourth-order valence-electron chi connectivity index (χ4n) is 4.04. The predicted molar refractivity (Wildman–Crippen MR) is 107 cm³/mol. The molecule has 0 spiro atoms. The Morgan fingerprint density at radius 3 is 2.79 bits per heavy atom. The van der Waals surface area contributed by atoms with Gasteiger partial charge < -0.3 is 20.1 Å². The fraction of sp³-hybridized carbons (Fsp3) is 0.364. The molecule has 0 saturated carbocycles. The Balaban J connectivity index is 1.49. The first-order valence-corrected chi connectivity index (χ1v) is 9.64. The van der Waals surface area contributed by atoms with Crippen LogP contribution in [0, 0.1) is 11.8 Å². The van der Waals surface area contributed by atoms with Gasteiger partial charge in [0.2, 0.25) is 0 Å². The number of carbonyl (C=O) groups excluding carboxylic acids is 1. The molecule has 146 valence electrons. The third-order valence-electron chi connectivity index (χ3n) is 5.43. The lowest BCUT2D eigenvalue weighted by Crippen LogP contribution is -2.47. The summed E-state index contributed by atoms with van der Waals surface area (Å²) in [6.45, 7) is 3.52. The molecule has 0 bridgehead atoms. The number of hydrogen-bond acceptors (Lipinski definition) is 3. The van der Waals surface area contributed by atoms with Crippen molar-refractivity contribution in [3.8, 4) is 16.9 Å². The quantitative estimate of drug-likeness (QED) is 0.847. The zero-order valence-electron chi connectivity index (χ0n) is 15.9. The van der Waals surface area contributed by atoms with Crippen LogP contribution in [0.1, 0.15) is 18.9 Å². The number of anilines is 1. The second-order valence-electron chi connectivity index (χ2n) is 7.71. The fourth-order valence-corrected chi connectivity index (χ4v) is 4.04. The van der Waals surface area contributed by atoms with E-state index < -0.39 is 11.9 Å². The molecule has 0 aliphatic carbocycles. The standard InChI is InChI=1S/C22H24N2O4/c1-14-9-18(21(25)26)13-24(12-14)22(27)23-19-4-2-3-15(11-19)16-5-6-20-17(10-16)7-8-28-20/h2-6,10-11,14,18H,7-9,12-13H2,1H3,(H,23,27)(H,25,26). The van der Waals surface area contributed by atoms with Gasteiger partial charge in [-0.25, -0.2) is 4.79 Å². The number of nitrogens with one attached hydrogen (secondary N) is 1. The van der Waals surface area contributed by atoms with Crippen molar-refractivity contribution in [2.75, 3.05) is 25.0 Å². The Morgan fingerprint density at radius 1 is 1.14 bits per heavy atom. The number of likely N-dealkylation sites (tertiary alicyclic amines) is 1. The second kappa shape index (κ2) is 7.54. The van der Waals surface area contributed by atoms with Gasteiger partial charge >= 0.3 is 12.0 Å². The van der Waals surface area contributed by atoms with Crippen LogP contribution in [0.25, 0.3) is 11.1 Å². The molecule has 2 unspecified atom stereocenters.